The Bertz CT molecular complexity index is 4190. The highest BCUT2D eigenvalue weighted by atomic mass is 16.5. The molecule has 0 amide bonds. The van der Waals surface area contributed by atoms with Crippen molar-refractivity contribution in [2.45, 2.75) is 226 Å². The number of benzene rings is 9. The topological polar surface area (TPSA) is 105 Å². The first-order valence-corrected chi connectivity index (χ1v) is 35.1. The van der Waals surface area contributed by atoms with E-state index in [1.54, 1.807) is 11.1 Å². The second-order valence-electron chi connectivity index (χ2n) is 24.9. The highest BCUT2D eigenvalue weighted by Gasteiger charge is 2.36. The van der Waals surface area contributed by atoms with Gasteiger partial charge in [-0.1, -0.05) is 111 Å². The SMILES string of the molecule is CCc1c(CC)c(CC)c2cc3c(CC)c4cc5c(CC)c(C(=O)OC)c(C(=O)OC)c(CC)c5cc4c(CC)c3cc2c1CC.CCc1c2c(c(CC)c(C(=O)OC)c1C(=O)OC)Cc1c(c(CC)c3cc4c(CC)c(CC)c(CC)c(CC)c4cc3c1CC)C2. The highest BCUT2D eigenvalue weighted by molar-refractivity contribution is 6.18. The molecule has 0 saturated heterocycles. The molecule has 0 atom stereocenters. The van der Waals surface area contributed by atoms with Crippen LogP contribution in [0.3, 0.4) is 0 Å². The lowest BCUT2D eigenvalue weighted by Gasteiger charge is -2.32. The molecule has 0 unspecified atom stereocenters. The van der Waals surface area contributed by atoms with E-state index in [2.05, 4.69) is 133 Å². The zero-order valence-corrected chi connectivity index (χ0v) is 59.5. The number of fused-ring (bicyclic) bond motifs is 8. The Kier molecular flexibility index (Phi) is 21.5. The number of ether oxygens (including phenoxy) is 4. The summed E-state index contributed by atoms with van der Waals surface area (Å²) in [6.07, 6.45) is 15.9. The lowest BCUT2D eigenvalue weighted by molar-refractivity contribution is 0.0553. The first kappa shape index (κ1) is 68.8. The molecule has 0 aliphatic heterocycles. The van der Waals surface area contributed by atoms with Crippen LogP contribution in [0.15, 0.2) is 36.4 Å². The van der Waals surface area contributed by atoms with Crippen LogP contribution >= 0.6 is 0 Å². The third-order valence-corrected chi connectivity index (χ3v) is 21.4. The van der Waals surface area contributed by atoms with Gasteiger partial charge in [0, 0.05) is 0 Å². The van der Waals surface area contributed by atoms with E-state index in [1.807, 2.05) is 13.8 Å². The molecule has 0 fully saturated rings. The van der Waals surface area contributed by atoms with E-state index < -0.39 is 23.9 Å². The van der Waals surface area contributed by atoms with Crippen LogP contribution in [0.1, 0.15) is 263 Å². The second kappa shape index (κ2) is 28.7. The van der Waals surface area contributed by atoms with E-state index in [4.69, 9.17) is 18.9 Å². The summed E-state index contributed by atoms with van der Waals surface area (Å²) in [5.41, 5.74) is 27.8. The molecule has 92 heavy (non-hydrogen) atoms. The van der Waals surface area contributed by atoms with Crippen molar-refractivity contribution in [3.63, 3.8) is 0 Å². The Balaban J connectivity index is 0.000000217. The predicted octanol–water partition coefficient (Wildman–Crippen LogP) is 19.9. The molecule has 1 aliphatic carbocycles. The average Bonchev–Trinajstić information content (AvgIpc) is 0.725. The fourth-order valence-corrected chi connectivity index (χ4v) is 17.6. The minimum Gasteiger partial charge on any atom is -0.465 e. The fourth-order valence-electron chi connectivity index (χ4n) is 17.6. The maximum atomic E-state index is 13.3. The van der Waals surface area contributed by atoms with Crippen LogP contribution in [0.4, 0.5) is 0 Å². The number of carbonyl (C=O) groups excluding carboxylic acids is 4. The summed E-state index contributed by atoms with van der Waals surface area (Å²) >= 11 is 0. The van der Waals surface area contributed by atoms with Gasteiger partial charge in [-0.25, -0.2) is 19.2 Å². The molecule has 8 heteroatoms. The zero-order chi connectivity index (χ0) is 66.9. The molecular weight excluding hydrogens is 1140 g/mol. The van der Waals surface area contributed by atoms with Gasteiger partial charge in [0.2, 0.25) is 0 Å². The van der Waals surface area contributed by atoms with Crippen molar-refractivity contribution in [2.75, 3.05) is 28.4 Å². The Morgan fingerprint density at radius 2 is 0.370 bits per heavy atom. The van der Waals surface area contributed by atoms with Crippen molar-refractivity contribution in [2.24, 2.45) is 0 Å². The number of hydrogen-bond donors (Lipinski definition) is 0. The van der Waals surface area contributed by atoms with Crippen molar-refractivity contribution in [3.8, 4) is 0 Å². The third-order valence-electron chi connectivity index (χ3n) is 21.4. The van der Waals surface area contributed by atoms with Gasteiger partial charge in [-0.15, -0.1) is 0 Å². The molecule has 0 heterocycles. The van der Waals surface area contributed by atoms with Gasteiger partial charge < -0.3 is 18.9 Å². The molecule has 10 rings (SSSR count). The molecule has 1 aliphatic rings. The van der Waals surface area contributed by atoms with Crippen molar-refractivity contribution >= 4 is 88.5 Å². The summed E-state index contributed by atoms with van der Waals surface area (Å²) < 4.78 is 21.1. The number of methoxy groups -OCH3 is 4. The van der Waals surface area contributed by atoms with E-state index in [0.717, 1.165) is 123 Å². The number of hydrogen-bond acceptors (Lipinski definition) is 8. The lowest BCUT2D eigenvalue weighted by atomic mass is 9.72. The normalized spacial score (nSPS) is 12.0. The third kappa shape index (κ3) is 10.8. The first-order chi connectivity index (χ1) is 44.5. The highest BCUT2D eigenvalue weighted by Crippen LogP contribution is 2.47. The van der Waals surface area contributed by atoms with Crippen LogP contribution in [0, 0.1) is 0 Å². The molecule has 0 aromatic heterocycles. The molecular formula is C84H102O8. The van der Waals surface area contributed by atoms with Gasteiger partial charge in [0.25, 0.3) is 0 Å². The maximum Gasteiger partial charge on any atom is 0.339 e. The van der Waals surface area contributed by atoms with Crippen molar-refractivity contribution in [1.29, 1.82) is 0 Å². The van der Waals surface area contributed by atoms with Gasteiger partial charge in [0.1, 0.15) is 0 Å². The summed E-state index contributed by atoms with van der Waals surface area (Å²) in [7, 11) is 5.54. The van der Waals surface area contributed by atoms with E-state index >= 15 is 0 Å². The molecule has 8 nitrogen and oxygen atoms in total. The summed E-state index contributed by atoms with van der Waals surface area (Å²) in [6, 6.07) is 14.7. The average molecular weight is 1240 g/mol. The predicted molar refractivity (Wildman–Crippen MR) is 385 cm³/mol. The number of aryl methyl sites for hydroxylation is 10. The molecule has 0 radical (unpaired) electrons. The van der Waals surface area contributed by atoms with Gasteiger partial charge in [-0.05, 0) is 328 Å². The van der Waals surface area contributed by atoms with E-state index in [-0.39, 0.29) is 0 Å². The van der Waals surface area contributed by atoms with E-state index in [9.17, 15) is 19.2 Å². The van der Waals surface area contributed by atoms with Crippen LogP contribution in [-0.2, 0) is 135 Å². The van der Waals surface area contributed by atoms with Crippen molar-refractivity contribution in [3.05, 3.63) is 170 Å². The van der Waals surface area contributed by atoms with Crippen LogP contribution < -0.4 is 0 Å². The molecule has 0 bridgehead atoms. The van der Waals surface area contributed by atoms with Gasteiger partial charge in [0.05, 0.1) is 50.7 Å². The van der Waals surface area contributed by atoms with Crippen LogP contribution in [0.25, 0.3) is 64.6 Å². The monoisotopic (exact) mass is 1240 g/mol. The molecule has 0 N–H and O–H groups in total. The van der Waals surface area contributed by atoms with E-state index in [1.165, 1.54) is 160 Å². The Hall–Kier alpha value is -7.58. The molecule has 486 valence electrons. The van der Waals surface area contributed by atoms with Crippen LogP contribution in [-0.4, -0.2) is 52.3 Å². The molecule has 9 aromatic carbocycles. The summed E-state index contributed by atoms with van der Waals surface area (Å²) in [5, 5.41) is 15.5. The van der Waals surface area contributed by atoms with Gasteiger partial charge in [-0.2, -0.15) is 0 Å². The minimum atomic E-state index is -0.499. The van der Waals surface area contributed by atoms with Crippen molar-refractivity contribution < 1.29 is 38.1 Å². The van der Waals surface area contributed by atoms with Gasteiger partial charge >= 0.3 is 23.9 Å². The standard InChI is InChI=1S/C42H52O4.C42H50O4/c2*1-11-23-24(12-2)26(14-4)32-20-34-28(16-6)36-22-38-30(18-8)40(42(44)46-10)39(41(43)45-9)29(17-7)37(38)21-35(36)27(15-5)33(34)19-31(32)25(23)13-3/h19-20H,11-18,21-22H2,1-10H3;19-22H,11-18H2,1-10H3. The molecule has 0 saturated carbocycles. The molecule has 0 spiro atoms. The minimum absolute atomic E-state index is 0.333. The summed E-state index contributed by atoms with van der Waals surface area (Å²) in [5.74, 6) is -1.93. The second-order valence-corrected chi connectivity index (χ2v) is 24.9. The summed E-state index contributed by atoms with van der Waals surface area (Å²) in [4.78, 5) is 53.3. The Morgan fingerprint density at radius 3 is 0.554 bits per heavy atom. The Morgan fingerprint density at radius 1 is 0.217 bits per heavy atom. The van der Waals surface area contributed by atoms with E-state index in [0.29, 0.717) is 47.9 Å². The largest absolute Gasteiger partial charge is 0.465 e. The van der Waals surface area contributed by atoms with Gasteiger partial charge in [-0.3, -0.25) is 0 Å². The number of carbonyl (C=O) groups is 4. The fraction of sp³-hybridized carbons (Fsp3) is 0.452. The quantitative estimate of drug-likeness (QED) is 0.0422. The molecule has 9 aromatic rings. The number of rotatable bonds is 20. The van der Waals surface area contributed by atoms with Crippen LogP contribution in [0.5, 0.6) is 0 Å². The van der Waals surface area contributed by atoms with Gasteiger partial charge in [0.15, 0.2) is 0 Å². The number of esters is 4. The van der Waals surface area contributed by atoms with Crippen LogP contribution in [0.2, 0.25) is 0 Å². The maximum absolute atomic E-state index is 13.3. The smallest absolute Gasteiger partial charge is 0.339 e. The zero-order valence-electron chi connectivity index (χ0n) is 59.5. The summed E-state index contributed by atoms with van der Waals surface area (Å²) in [6.45, 7) is 35.7. The van der Waals surface area contributed by atoms with Crippen molar-refractivity contribution in [1.82, 2.24) is 0 Å². The Labute approximate surface area is 548 Å². The first-order valence-electron chi connectivity index (χ1n) is 35.1. The lowest BCUT2D eigenvalue weighted by Crippen LogP contribution is -2.24.